The lowest BCUT2D eigenvalue weighted by molar-refractivity contribution is -0.117. The summed E-state index contributed by atoms with van der Waals surface area (Å²) in [6, 6.07) is 12.2. The molecule has 0 saturated heterocycles. The molecular weight excluding hydrogens is 324 g/mol. The number of nitrogens with zero attached hydrogens (tertiary/aromatic N) is 2. The Labute approximate surface area is 154 Å². The number of aliphatic hydroxyl groups is 1. The molecule has 1 aromatic rings. The zero-order chi connectivity index (χ0) is 19.1. The summed E-state index contributed by atoms with van der Waals surface area (Å²) in [5, 5.41) is 30.7. The molecule has 2 aliphatic carbocycles. The summed E-state index contributed by atoms with van der Waals surface area (Å²) in [5.74, 6) is -0.720. The van der Waals surface area contributed by atoms with E-state index < -0.39 is 16.7 Å². The molecule has 1 aromatic carbocycles. The Morgan fingerprint density at radius 2 is 1.81 bits per heavy atom. The zero-order valence-corrected chi connectivity index (χ0v) is 15.3. The molecule has 0 aromatic heterocycles. The Bertz CT molecular complexity index is 891. The van der Waals surface area contributed by atoms with Gasteiger partial charge in [0, 0.05) is 18.8 Å². The summed E-state index contributed by atoms with van der Waals surface area (Å²) in [4.78, 5) is 12.6. The third-order valence-corrected chi connectivity index (χ3v) is 5.48. The van der Waals surface area contributed by atoms with Crippen molar-refractivity contribution in [2.75, 3.05) is 0 Å². The average molecular weight is 346 g/mol. The molecule has 2 aliphatic rings. The van der Waals surface area contributed by atoms with E-state index >= 15 is 0 Å². The monoisotopic (exact) mass is 346 g/mol. The molecule has 0 radical (unpaired) electrons. The topological polar surface area (TPSA) is 84.9 Å². The predicted octanol–water partition coefficient (Wildman–Crippen LogP) is 4.51. The number of carbonyl (C=O) groups is 1. The molecule has 0 aliphatic heterocycles. The molecule has 1 atom stereocenters. The molecular formula is C22H22N2O2. The molecule has 26 heavy (non-hydrogen) atoms. The molecule has 0 unspecified atom stereocenters. The predicted molar refractivity (Wildman–Crippen MR) is 98.0 cm³/mol. The standard InChI is InChI=1S/C22H22N2O2/c1-4-14-5-7-15(8-6-14)16-9-18(25)20-17(22(16,12-23)13-24)10-21(2,3)11-19(20)26/h5-8,10,16,25H,4,9,11H2,1-3H3/t16-/m1/s1. The molecule has 0 fully saturated rings. The van der Waals surface area contributed by atoms with Gasteiger partial charge in [0.2, 0.25) is 0 Å². The maximum absolute atomic E-state index is 12.6. The first-order valence-corrected chi connectivity index (χ1v) is 8.88. The van der Waals surface area contributed by atoms with Crippen molar-refractivity contribution in [3.8, 4) is 12.1 Å². The van der Waals surface area contributed by atoms with E-state index in [1.807, 2.05) is 44.2 Å². The number of nitriles is 2. The third-order valence-electron chi connectivity index (χ3n) is 5.48. The summed E-state index contributed by atoms with van der Waals surface area (Å²) in [6.07, 6.45) is 3.11. The fourth-order valence-corrected chi connectivity index (χ4v) is 4.08. The molecule has 0 saturated carbocycles. The van der Waals surface area contributed by atoms with Crippen molar-refractivity contribution in [1.29, 1.82) is 10.5 Å². The summed E-state index contributed by atoms with van der Waals surface area (Å²) in [7, 11) is 0. The lowest BCUT2D eigenvalue weighted by Gasteiger charge is -2.41. The summed E-state index contributed by atoms with van der Waals surface area (Å²) in [6.45, 7) is 5.88. The van der Waals surface area contributed by atoms with Gasteiger partial charge in [-0.15, -0.1) is 0 Å². The second-order valence-electron chi connectivity index (χ2n) is 7.85. The number of hydrogen-bond acceptors (Lipinski definition) is 4. The van der Waals surface area contributed by atoms with Crippen molar-refractivity contribution in [3.05, 3.63) is 58.4 Å². The number of Topliss-reactive ketones (excluding diaryl/α,β-unsaturated/α-hetero) is 1. The van der Waals surface area contributed by atoms with Gasteiger partial charge >= 0.3 is 0 Å². The van der Waals surface area contributed by atoms with E-state index in [1.165, 1.54) is 0 Å². The van der Waals surface area contributed by atoms with Gasteiger partial charge < -0.3 is 5.11 Å². The minimum absolute atomic E-state index is 0.0116. The lowest BCUT2D eigenvalue weighted by atomic mass is 9.58. The zero-order valence-electron chi connectivity index (χ0n) is 15.3. The van der Waals surface area contributed by atoms with Crippen LogP contribution in [-0.4, -0.2) is 10.9 Å². The first-order chi connectivity index (χ1) is 12.3. The van der Waals surface area contributed by atoms with Gasteiger partial charge in [0.25, 0.3) is 0 Å². The number of aliphatic hydroxyl groups excluding tert-OH is 1. The number of aryl methyl sites for hydroxylation is 1. The van der Waals surface area contributed by atoms with Gasteiger partial charge in [0.1, 0.15) is 5.76 Å². The molecule has 0 amide bonds. The Morgan fingerprint density at radius 1 is 1.19 bits per heavy atom. The van der Waals surface area contributed by atoms with Crippen molar-refractivity contribution in [3.63, 3.8) is 0 Å². The number of carbonyl (C=O) groups excluding carboxylic acids is 1. The fraction of sp³-hybridized carbons (Fsp3) is 0.409. The molecule has 0 heterocycles. The SMILES string of the molecule is CCc1ccc([C@H]2CC(O)=C3C(=O)CC(C)(C)C=C3C2(C#N)C#N)cc1. The molecule has 3 rings (SSSR count). The van der Waals surface area contributed by atoms with Crippen LogP contribution in [-0.2, 0) is 11.2 Å². The minimum atomic E-state index is -1.48. The van der Waals surface area contributed by atoms with Crippen molar-refractivity contribution in [2.45, 2.75) is 46.0 Å². The smallest absolute Gasteiger partial charge is 0.176 e. The molecule has 4 nitrogen and oxygen atoms in total. The van der Waals surface area contributed by atoms with Crippen LogP contribution in [0.15, 0.2) is 47.2 Å². The van der Waals surface area contributed by atoms with Crippen molar-refractivity contribution in [2.24, 2.45) is 10.8 Å². The van der Waals surface area contributed by atoms with Crippen LogP contribution in [0.3, 0.4) is 0 Å². The maximum Gasteiger partial charge on any atom is 0.176 e. The number of hydrogen-bond donors (Lipinski definition) is 1. The van der Waals surface area contributed by atoms with Crippen molar-refractivity contribution < 1.29 is 9.90 Å². The fourth-order valence-electron chi connectivity index (χ4n) is 4.08. The van der Waals surface area contributed by atoms with Crippen LogP contribution < -0.4 is 0 Å². The van der Waals surface area contributed by atoms with Crippen LogP contribution in [0.2, 0.25) is 0 Å². The summed E-state index contributed by atoms with van der Waals surface area (Å²) < 4.78 is 0. The van der Waals surface area contributed by atoms with E-state index in [2.05, 4.69) is 19.1 Å². The van der Waals surface area contributed by atoms with Crippen LogP contribution >= 0.6 is 0 Å². The largest absolute Gasteiger partial charge is 0.512 e. The van der Waals surface area contributed by atoms with E-state index in [0.29, 0.717) is 5.57 Å². The maximum atomic E-state index is 12.6. The molecule has 4 heteroatoms. The Kier molecular flexibility index (Phi) is 4.24. The van der Waals surface area contributed by atoms with E-state index in [4.69, 9.17) is 0 Å². The number of benzene rings is 1. The second-order valence-corrected chi connectivity index (χ2v) is 7.85. The van der Waals surface area contributed by atoms with Gasteiger partial charge in [0.15, 0.2) is 11.2 Å². The minimum Gasteiger partial charge on any atom is -0.512 e. The molecule has 132 valence electrons. The van der Waals surface area contributed by atoms with Gasteiger partial charge in [-0.3, -0.25) is 4.79 Å². The van der Waals surface area contributed by atoms with Gasteiger partial charge in [-0.1, -0.05) is 51.1 Å². The highest BCUT2D eigenvalue weighted by molar-refractivity contribution is 6.03. The molecule has 0 bridgehead atoms. The van der Waals surface area contributed by atoms with E-state index in [1.54, 1.807) is 0 Å². The van der Waals surface area contributed by atoms with Crippen molar-refractivity contribution >= 4 is 5.78 Å². The number of rotatable bonds is 2. The average Bonchev–Trinajstić information content (AvgIpc) is 2.60. The van der Waals surface area contributed by atoms with E-state index in [-0.39, 0.29) is 30.0 Å². The van der Waals surface area contributed by atoms with Crippen LogP contribution in [0, 0.1) is 33.5 Å². The van der Waals surface area contributed by atoms with Gasteiger partial charge in [-0.05, 0) is 28.5 Å². The Morgan fingerprint density at radius 3 is 2.35 bits per heavy atom. The van der Waals surface area contributed by atoms with Crippen LogP contribution in [0.4, 0.5) is 0 Å². The lowest BCUT2D eigenvalue weighted by Crippen LogP contribution is -2.39. The third kappa shape index (κ3) is 2.63. The van der Waals surface area contributed by atoms with Crippen LogP contribution in [0.1, 0.15) is 50.7 Å². The van der Waals surface area contributed by atoms with Gasteiger partial charge in [-0.2, -0.15) is 10.5 Å². The Balaban J connectivity index is 2.24. The molecule has 0 spiro atoms. The normalized spacial score (nSPS) is 23.5. The first-order valence-electron chi connectivity index (χ1n) is 8.88. The number of allylic oxidation sites excluding steroid dienone is 4. The van der Waals surface area contributed by atoms with Crippen LogP contribution in [0.5, 0.6) is 0 Å². The highest BCUT2D eigenvalue weighted by Gasteiger charge is 2.53. The van der Waals surface area contributed by atoms with E-state index in [0.717, 1.165) is 17.5 Å². The quantitative estimate of drug-likeness (QED) is 0.854. The Hall–Kier alpha value is -2.85. The number of fused-ring (bicyclic) bond motifs is 1. The number of ketones is 1. The van der Waals surface area contributed by atoms with Gasteiger partial charge in [0.05, 0.1) is 17.7 Å². The van der Waals surface area contributed by atoms with Crippen LogP contribution in [0.25, 0.3) is 0 Å². The summed E-state index contributed by atoms with van der Waals surface area (Å²) >= 11 is 0. The van der Waals surface area contributed by atoms with Gasteiger partial charge in [-0.25, -0.2) is 0 Å². The van der Waals surface area contributed by atoms with Crippen molar-refractivity contribution in [1.82, 2.24) is 0 Å². The summed E-state index contributed by atoms with van der Waals surface area (Å²) in [5.41, 5.74) is 0.599. The highest BCUT2D eigenvalue weighted by Crippen LogP contribution is 2.55. The highest BCUT2D eigenvalue weighted by atomic mass is 16.3. The molecule has 1 N–H and O–H groups in total. The first kappa shape index (κ1) is 18.0. The van der Waals surface area contributed by atoms with E-state index in [9.17, 15) is 20.4 Å². The second kappa shape index (κ2) is 6.15.